The Morgan fingerprint density at radius 2 is 2.20 bits per heavy atom. The van der Waals surface area contributed by atoms with Gasteiger partial charge in [0.1, 0.15) is 6.04 Å². The average Bonchev–Trinajstić information content (AvgIpc) is 2.42. The summed E-state index contributed by atoms with van der Waals surface area (Å²) in [6.45, 7) is 1.76. The minimum atomic E-state index is -4.42. The third-order valence-corrected chi connectivity index (χ3v) is 2.73. The number of hydrogen-bond acceptors (Lipinski definition) is 3. The first-order valence-corrected chi connectivity index (χ1v) is 6.30. The molecule has 1 atom stereocenters. The second-order valence-electron chi connectivity index (χ2n) is 4.02. The molecule has 0 fully saturated rings. The summed E-state index contributed by atoms with van der Waals surface area (Å²) in [6, 6.07) is 4.11. The zero-order valence-electron chi connectivity index (χ0n) is 10.7. The van der Waals surface area contributed by atoms with Gasteiger partial charge in [-0.2, -0.15) is 13.2 Å². The molecule has 3 nitrogen and oxygen atoms in total. The molecule has 1 rings (SSSR count). The summed E-state index contributed by atoms with van der Waals surface area (Å²) >= 11 is 4.49. The Balaban J connectivity index is 2.97. The summed E-state index contributed by atoms with van der Waals surface area (Å²) in [5.74, 6) is -0.207. The first-order valence-electron chi connectivity index (χ1n) is 5.89. The molecular weight excluding hydrogens is 289 g/mol. The zero-order valence-corrected chi connectivity index (χ0v) is 11.5. The highest BCUT2D eigenvalue weighted by Crippen LogP contribution is 2.31. The van der Waals surface area contributed by atoms with Crippen LogP contribution in [0.25, 0.3) is 0 Å². The van der Waals surface area contributed by atoms with E-state index in [-0.39, 0.29) is 18.9 Å². The molecule has 1 aromatic carbocycles. The topological polar surface area (TPSA) is 41.5 Å². The summed E-state index contributed by atoms with van der Waals surface area (Å²) in [5, 5.41) is 4.72. The van der Waals surface area contributed by atoms with Crippen LogP contribution in [-0.4, -0.2) is 17.6 Å². The number of aliphatic imine (C=N–C) groups is 1. The van der Waals surface area contributed by atoms with Gasteiger partial charge in [-0.05, 0) is 29.9 Å². The standard InChI is InChI=1S/C13H13F3N2OS/c1-2-12(19)17-7-11(18-8-20)9-4-3-5-10(6-9)13(14,15)16/h3-6,11H,2,7H2,1H3,(H,17,19). The molecule has 1 unspecified atom stereocenters. The second-order valence-corrected chi connectivity index (χ2v) is 4.20. The van der Waals surface area contributed by atoms with Gasteiger partial charge in [0.25, 0.3) is 0 Å². The van der Waals surface area contributed by atoms with Crippen LogP contribution in [0.15, 0.2) is 29.3 Å². The number of carbonyl (C=O) groups is 1. The summed E-state index contributed by atoms with van der Waals surface area (Å²) < 4.78 is 37.9. The first kappa shape index (κ1) is 16.3. The molecule has 108 valence electrons. The van der Waals surface area contributed by atoms with Gasteiger partial charge >= 0.3 is 6.18 Å². The molecule has 0 saturated carbocycles. The maximum Gasteiger partial charge on any atom is 0.416 e. The number of nitrogens with zero attached hydrogens (tertiary/aromatic N) is 1. The molecule has 0 saturated heterocycles. The van der Waals surface area contributed by atoms with Crippen LogP contribution in [0.1, 0.15) is 30.5 Å². The van der Waals surface area contributed by atoms with E-state index in [9.17, 15) is 18.0 Å². The number of alkyl halides is 3. The molecule has 0 radical (unpaired) electrons. The molecule has 1 aromatic rings. The van der Waals surface area contributed by atoms with Crippen LogP contribution in [-0.2, 0) is 11.0 Å². The number of nitrogens with one attached hydrogen (secondary N) is 1. The lowest BCUT2D eigenvalue weighted by atomic mass is 10.0. The molecule has 0 aromatic heterocycles. The number of isothiocyanates is 1. The van der Waals surface area contributed by atoms with Crippen LogP contribution in [0.5, 0.6) is 0 Å². The third kappa shape index (κ3) is 4.75. The van der Waals surface area contributed by atoms with Crippen molar-refractivity contribution in [1.29, 1.82) is 0 Å². The Labute approximate surface area is 119 Å². The highest BCUT2D eigenvalue weighted by atomic mass is 32.1. The van der Waals surface area contributed by atoms with Crippen LogP contribution in [0.2, 0.25) is 0 Å². The van der Waals surface area contributed by atoms with Crippen molar-refractivity contribution in [3.05, 3.63) is 35.4 Å². The van der Waals surface area contributed by atoms with Crippen LogP contribution in [0.3, 0.4) is 0 Å². The van der Waals surface area contributed by atoms with Crippen molar-refractivity contribution < 1.29 is 18.0 Å². The number of thiocarbonyl (C=S) groups is 1. The van der Waals surface area contributed by atoms with Crippen LogP contribution < -0.4 is 5.32 Å². The third-order valence-electron chi connectivity index (χ3n) is 2.62. The normalized spacial score (nSPS) is 12.4. The van der Waals surface area contributed by atoms with Gasteiger partial charge in [0.15, 0.2) is 0 Å². The highest BCUT2D eigenvalue weighted by molar-refractivity contribution is 7.78. The number of benzene rings is 1. The largest absolute Gasteiger partial charge is 0.416 e. The average molecular weight is 302 g/mol. The summed E-state index contributed by atoms with van der Waals surface area (Å²) in [4.78, 5) is 15.0. The number of halogens is 3. The quantitative estimate of drug-likeness (QED) is 0.669. The number of rotatable bonds is 5. The van der Waals surface area contributed by atoms with E-state index in [1.165, 1.54) is 12.1 Å². The molecule has 0 spiro atoms. The predicted molar refractivity (Wildman–Crippen MR) is 72.5 cm³/mol. The smallest absolute Gasteiger partial charge is 0.354 e. The summed E-state index contributed by atoms with van der Waals surface area (Å²) in [6.07, 6.45) is -4.13. The van der Waals surface area contributed by atoms with Gasteiger partial charge in [-0.25, -0.2) is 4.99 Å². The number of amides is 1. The Morgan fingerprint density at radius 3 is 2.75 bits per heavy atom. The molecule has 0 bridgehead atoms. The maximum absolute atomic E-state index is 12.6. The fraction of sp³-hybridized carbons (Fsp3) is 0.385. The Bertz CT molecular complexity index is 525. The molecule has 1 N–H and O–H groups in total. The molecule has 0 heterocycles. The fourth-order valence-electron chi connectivity index (χ4n) is 1.56. The fourth-order valence-corrected chi connectivity index (χ4v) is 1.69. The van der Waals surface area contributed by atoms with Crippen molar-refractivity contribution in [2.24, 2.45) is 4.99 Å². The zero-order chi connectivity index (χ0) is 15.2. The van der Waals surface area contributed by atoms with Crippen LogP contribution in [0, 0.1) is 0 Å². The van der Waals surface area contributed by atoms with Crippen molar-refractivity contribution in [3.8, 4) is 0 Å². The first-order chi connectivity index (χ1) is 9.38. The molecule has 1 amide bonds. The van der Waals surface area contributed by atoms with Gasteiger partial charge in [-0.15, -0.1) is 0 Å². The number of hydrogen-bond donors (Lipinski definition) is 1. The SMILES string of the molecule is CCC(=O)NCC(N=C=S)c1cccc(C(F)(F)F)c1. The monoisotopic (exact) mass is 302 g/mol. The van der Waals surface area contributed by atoms with E-state index in [1.54, 1.807) is 6.92 Å². The van der Waals surface area contributed by atoms with Gasteiger partial charge in [-0.1, -0.05) is 19.1 Å². The minimum absolute atomic E-state index is 0.0810. The minimum Gasteiger partial charge on any atom is -0.354 e. The highest BCUT2D eigenvalue weighted by Gasteiger charge is 2.30. The predicted octanol–water partition coefficient (Wildman–Crippen LogP) is 3.38. The molecular formula is C13H13F3N2OS. The van der Waals surface area contributed by atoms with Gasteiger partial charge < -0.3 is 5.32 Å². The van der Waals surface area contributed by atoms with E-state index in [0.717, 1.165) is 12.1 Å². The van der Waals surface area contributed by atoms with E-state index in [2.05, 4.69) is 27.7 Å². The van der Waals surface area contributed by atoms with Gasteiger partial charge in [0.2, 0.25) is 5.91 Å². The van der Waals surface area contributed by atoms with E-state index >= 15 is 0 Å². The lowest BCUT2D eigenvalue weighted by molar-refractivity contribution is -0.137. The van der Waals surface area contributed by atoms with Gasteiger partial charge in [0, 0.05) is 13.0 Å². The molecule has 0 aliphatic heterocycles. The van der Waals surface area contributed by atoms with Crippen molar-refractivity contribution in [2.45, 2.75) is 25.6 Å². The Hall–Kier alpha value is -1.72. The Kier molecular flexibility index (Phi) is 5.85. The second kappa shape index (κ2) is 7.17. The maximum atomic E-state index is 12.6. The van der Waals surface area contributed by atoms with Crippen molar-refractivity contribution in [1.82, 2.24) is 5.32 Å². The van der Waals surface area contributed by atoms with E-state index in [0.29, 0.717) is 5.56 Å². The van der Waals surface area contributed by atoms with Crippen LogP contribution >= 0.6 is 12.2 Å². The lowest BCUT2D eigenvalue weighted by Crippen LogP contribution is -2.27. The molecule has 20 heavy (non-hydrogen) atoms. The van der Waals surface area contributed by atoms with Crippen molar-refractivity contribution >= 4 is 23.3 Å². The van der Waals surface area contributed by atoms with E-state index in [4.69, 9.17) is 0 Å². The molecule has 0 aliphatic rings. The van der Waals surface area contributed by atoms with Crippen molar-refractivity contribution in [2.75, 3.05) is 6.54 Å². The van der Waals surface area contributed by atoms with E-state index < -0.39 is 17.8 Å². The van der Waals surface area contributed by atoms with Crippen molar-refractivity contribution in [3.63, 3.8) is 0 Å². The molecule has 0 aliphatic carbocycles. The number of carbonyl (C=O) groups excluding carboxylic acids is 1. The van der Waals surface area contributed by atoms with Gasteiger partial charge in [-0.3, -0.25) is 4.79 Å². The summed E-state index contributed by atoms with van der Waals surface area (Å²) in [5.41, 5.74) is -0.435. The van der Waals surface area contributed by atoms with E-state index in [1.807, 2.05) is 0 Å². The van der Waals surface area contributed by atoms with Crippen LogP contribution in [0.4, 0.5) is 13.2 Å². The lowest BCUT2D eigenvalue weighted by Gasteiger charge is -2.14. The Morgan fingerprint density at radius 1 is 1.50 bits per heavy atom. The van der Waals surface area contributed by atoms with Gasteiger partial charge in [0.05, 0.1) is 10.7 Å². The summed E-state index contributed by atoms with van der Waals surface area (Å²) in [7, 11) is 0. The molecule has 7 heteroatoms.